The summed E-state index contributed by atoms with van der Waals surface area (Å²) < 4.78 is 5.16. The lowest BCUT2D eigenvalue weighted by Crippen LogP contribution is -2.31. The van der Waals surface area contributed by atoms with Crippen molar-refractivity contribution in [3.8, 4) is 0 Å². The molecule has 6 heteroatoms. The van der Waals surface area contributed by atoms with Gasteiger partial charge in [0.15, 0.2) is 6.61 Å². The highest BCUT2D eigenvalue weighted by atomic mass is 16.5. The maximum absolute atomic E-state index is 12.3. The average molecular weight is 431 g/mol. The Hall–Kier alpha value is -3.67. The lowest BCUT2D eigenvalue weighted by molar-refractivity contribution is -0.148. The molecule has 2 amide bonds. The molecule has 1 saturated heterocycles. The molecule has 1 aliphatic heterocycles. The third-order valence-corrected chi connectivity index (χ3v) is 5.70. The summed E-state index contributed by atoms with van der Waals surface area (Å²) in [5.74, 6) is -0.689. The quantitative estimate of drug-likeness (QED) is 0.577. The number of fused-ring (bicyclic) bond motifs is 1. The first-order valence-corrected chi connectivity index (χ1v) is 10.8. The Labute approximate surface area is 187 Å². The fourth-order valence-electron chi connectivity index (χ4n) is 4.07. The zero-order valence-corrected chi connectivity index (χ0v) is 18.0. The second-order valence-corrected chi connectivity index (χ2v) is 8.01. The van der Waals surface area contributed by atoms with E-state index >= 15 is 0 Å². The number of benzene rings is 3. The van der Waals surface area contributed by atoms with E-state index in [1.54, 1.807) is 4.90 Å². The molecule has 1 fully saturated rings. The molecule has 3 aromatic rings. The minimum Gasteiger partial charge on any atom is -0.455 e. The molecule has 0 saturated carbocycles. The summed E-state index contributed by atoms with van der Waals surface area (Å²) in [6, 6.07) is 21.1. The fraction of sp³-hybridized carbons (Fsp3) is 0.269. The number of hydrogen-bond donors (Lipinski definition) is 1. The number of hydrogen-bond acceptors (Lipinski definition) is 4. The normalized spacial score (nSPS) is 14.4. The van der Waals surface area contributed by atoms with Crippen molar-refractivity contribution >= 4 is 34.2 Å². The second kappa shape index (κ2) is 9.64. The summed E-state index contributed by atoms with van der Waals surface area (Å²) in [6.45, 7) is 2.31. The summed E-state index contributed by atoms with van der Waals surface area (Å²) in [4.78, 5) is 38.1. The van der Waals surface area contributed by atoms with Crippen molar-refractivity contribution in [2.24, 2.45) is 0 Å². The second-order valence-electron chi connectivity index (χ2n) is 8.01. The Morgan fingerprint density at radius 3 is 2.53 bits per heavy atom. The van der Waals surface area contributed by atoms with Crippen LogP contribution in [0.3, 0.4) is 0 Å². The van der Waals surface area contributed by atoms with Gasteiger partial charge >= 0.3 is 5.97 Å². The smallest absolute Gasteiger partial charge is 0.310 e. The van der Waals surface area contributed by atoms with Crippen molar-refractivity contribution in [2.75, 3.05) is 18.1 Å². The van der Waals surface area contributed by atoms with Crippen LogP contribution in [0.1, 0.15) is 36.9 Å². The predicted molar refractivity (Wildman–Crippen MR) is 123 cm³/mol. The van der Waals surface area contributed by atoms with Crippen LogP contribution in [-0.2, 0) is 25.5 Å². The Morgan fingerprint density at radius 1 is 1.03 bits per heavy atom. The Balaban J connectivity index is 1.27. The van der Waals surface area contributed by atoms with Crippen molar-refractivity contribution in [3.05, 3.63) is 77.9 Å². The first-order valence-electron chi connectivity index (χ1n) is 10.8. The molecule has 0 bridgehead atoms. The van der Waals surface area contributed by atoms with E-state index in [1.807, 2.05) is 73.7 Å². The van der Waals surface area contributed by atoms with Gasteiger partial charge in [0.25, 0.3) is 5.91 Å². The van der Waals surface area contributed by atoms with Gasteiger partial charge in [0, 0.05) is 18.7 Å². The van der Waals surface area contributed by atoms with Crippen LogP contribution in [0.25, 0.3) is 10.8 Å². The molecule has 0 radical (unpaired) electrons. The lowest BCUT2D eigenvalue weighted by atomic mass is 10.00. The van der Waals surface area contributed by atoms with Crippen molar-refractivity contribution in [2.45, 2.75) is 32.2 Å². The monoisotopic (exact) mass is 430 g/mol. The number of esters is 1. The number of ether oxygens (including phenoxy) is 1. The van der Waals surface area contributed by atoms with Gasteiger partial charge < -0.3 is 15.0 Å². The van der Waals surface area contributed by atoms with Crippen molar-refractivity contribution < 1.29 is 19.1 Å². The van der Waals surface area contributed by atoms with Crippen molar-refractivity contribution in [1.82, 2.24) is 5.32 Å². The number of rotatable bonds is 7. The summed E-state index contributed by atoms with van der Waals surface area (Å²) in [5, 5.41) is 5.09. The molecule has 3 aromatic carbocycles. The van der Waals surface area contributed by atoms with Crippen molar-refractivity contribution in [1.29, 1.82) is 0 Å². The number of anilines is 1. The van der Waals surface area contributed by atoms with Gasteiger partial charge in [-0.1, -0.05) is 54.6 Å². The Kier molecular flexibility index (Phi) is 6.50. The molecule has 4 rings (SSSR count). The molecular weight excluding hydrogens is 404 g/mol. The van der Waals surface area contributed by atoms with Crippen LogP contribution < -0.4 is 10.2 Å². The molecule has 1 heterocycles. The zero-order valence-electron chi connectivity index (χ0n) is 18.0. The molecule has 164 valence electrons. The number of carbonyl (C=O) groups is 3. The standard InChI is InChI=1S/C26H26N2O4/c1-18(22-9-4-7-20-6-2-3-8-23(20)22)27-24(29)17-32-26(31)16-19-11-13-21(14-12-19)28-15-5-10-25(28)30/h2-4,6-9,11-14,18H,5,10,15-17H2,1H3,(H,27,29). The molecule has 1 aliphatic rings. The van der Waals surface area contributed by atoms with Gasteiger partial charge in [-0.05, 0) is 47.4 Å². The largest absolute Gasteiger partial charge is 0.455 e. The molecule has 6 nitrogen and oxygen atoms in total. The van der Waals surface area contributed by atoms with Gasteiger partial charge in [0.05, 0.1) is 12.5 Å². The predicted octanol–water partition coefficient (Wildman–Crippen LogP) is 3.93. The molecule has 32 heavy (non-hydrogen) atoms. The Bertz CT molecular complexity index is 1130. The minimum absolute atomic E-state index is 0.0698. The molecular formula is C26H26N2O4. The van der Waals surface area contributed by atoms with E-state index in [2.05, 4.69) is 5.32 Å². The third kappa shape index (κ3) is 4.97. The first-order chi connectivity index (χ1) is 15.5. The maximum Gasteiger partial charge on any atom is 0.310 e. The number of nitrogens with one attached hydrogen (secondary N) is 1. The molecule has 1 atom stereocenters. The third-order valence-electron chi connectivity index (χ3n) is 5.70. The van der Waals surface area contributed by atoms with E-state index < -0.39 is 5.97 Å². The summed E-state index contributed by atoms with van der Waals surface area (Å²) in [7, 11) is 0. The molecule has 0 aromatic heterocycles. The van der Waals surface area contributed by atoms with Crippen LogP contribution in [-0.4, -0.2) is 30.9 Å². The summed E-state index contributed by atoms with van der Waals surface area (Å²) >= 11 is 0. The summed E-state index contributed by atoms with van der Waals surface area (Å²) in [6.07, 6.45) is 1.52. The zero-order chi connectivity index (χ0) is 22.5. The SMILES string of the molecule is CC(NC(=O)COC(=O)Cc1ccc(N2CCCC2=O)cc1)c1cccc2ccccc12. The van der Waals surface area contributed by atoms with Gasteiger partial charge in [-0.2, -0.15) is 0 Å². The molecule has 0 aliphatic carbocycles. The van der Waals surface area contributed by atoms with Crippen LogP contribution in [0.4, 0.5) is 5.69 Å². The molecule has 0 spiro atoms. The summed E-state index contributed by atoms with van der Waals surface area (Å²) in [5.41, 5.74) is 2.63. The van der Waals surface area contributed by atoms with Gasteiger partial charge in [0.2, 0.25) is 5.91 Å². The van der Waals surface area contributed by atoms with Crippen LogP contribution in [0.15, 0.2) is 66.7 Å². The lowest BCUT2D eigenvalue weighted by Gasteiger charge is -2.17. The minimum atomic E-state index is -0.469. The van der Waals surface area contributed by atoms with Crippen LogP contribution in [0.2, 0.25) is 0 Å². The highest BCUT2D eigenvalue weighted by Crippen LogP contribution is 2.24. The van der Waals surface area contributed by atoms with Gasteiger partial charge in [-0.3, -0.25) is 14.4 Å². The number of nitrogens with zero attached hydrogens (tertiary/aromatic N) is 1. The van der Waals surface area contributed by atoms with Gasteiger partial charge in [0.1, 0.15) is 0 Å². The van der Waals surface area contributed by atoms with E-state index in [-0.39, 0.29) is 30.9 Å². The molecule has 1 N–H and O–H groups in total. The maximum atomic E-state index is 12.3. The topological polar surface area (TPSA) is 75.7 Å². The van der Waals surface area contributed by atoms with Crippen LogP contribution >= 0.6 is 0 Å². The first kappa shape index (κ1) is 21.6. The van der Waals surface area contributed by atoms with Gasteiger partial charge in [-0.25, -0.2) is 0 Å². The van der Waals surface area contributed by atoms with E-state index in [0.717, 1.165) is 40.6 Å². The van der Waals surface area contributed by atoms with E-state index in [0.29, 0.717) is 6.42 Å². The number of amides is 2. The Morgan fingerprint density at radius 2 is 1.78 bits per heavy atom. The highest BCUT2D eigenvalue weighted by Gasteiger charge is 2.21. The molecule has 1 unspecified atom stereocenters. The van der Waals surface area contributed by atoms with Crippen molar-refractivity contribution in [3.63, 3.8) is 0 Å². The number of carbonyl (C=O) groups excluding carboxylic acids is 3. The highest BCUT2D eigenvalue weighted by molar-refractivity contribution is 5.95. The van der Waals surface area contributed by atoms with Gasteiger partial charge in [-0.15, -0.1) is 0 Å². The van der Waals surface area contributed by atoms with E-state index in [9.17, 15) is 14.4 Å². The fourth-order valence-corrected chi connectivity index (χ4v) is 4.07. The van der Waals surface area contributed by atoms with E-state index in [4.69, 9.17) is 4.74 Å². The van der Waals surface area contributed by atoms with Crippen LogP contribution in [0.5, 0.6) is 0 Å². The average Bonchev–Trinajstić information content (AvgIpc) is 3.23. The van der Waals surface area contributed by atoms with E-state index in [1.165, 1.54) is 0 Å². The van der Waals surface area contributed by atoms with Crippen LogP contribution in [0, 0.1) is 0 Å².